The van der Waals surface area contributed by atoms with E-state index in [-0.39, 0.29) is 22.3 Å². The Kier molecular flexibility index (Phi) is 4.54. The summed E-state index contributed by atoms with van der Waals surface area (Å²) in [5.41, 5.74) is -0.0949. The smallest absolute Gasteiger partial charge is 0.288 e. The van der Waals surface area contributed by atoms with Crippen LogP contribution in [0.5, 0.6) is 0 Å². The van der Waals surface area contributed by atoms with Crippen molar-refractivity contribution in [2.75, 3.05) is 0 Å². The first-order valence-electron chi connectivity index (χ1n) is 6.19. The Balaban J connectivity index is 2.06. The molecule has 0 aliphatic rings. The van der Waals surface area contributed by atoms with E-state index in [2.05, 4.69) is 10.4 Å². The molecule has 1 heterocycles. The topological polar surface area (TPSA) is 90.1 Å². The molecule has 21 heavy (non-hydrogen) atoms. The molecule has 1 aromatic heterocycles. The first-order chi connectivity index (χ1) is 9.97. The fourth-order valence-electron chi connectivity index (χ4n) is 1.84. The number of rotatable bonds is 5. The third-order valence-corrected chi connectivity index (χ3v) is 3.12. The zero-order chi connectivity index (χ0) is 15.4. The molecule has 0 radical (unpaired) electrons. The summed E-state index contributed by atoms with van der Waals surface area (Å²) in [6, 6.07) is 5.57. The Hall–Kier alpha value is -2.41. The lowest BCUT2D eigenvalue weighted by atomic mass is 10.1. The van der Waals surface area contributed by atoms with Gasteiger partial charge in [-0.2, -0.15) is 5.10 Å². The molecular weight excluding hydrogens is 296 g/mol. The molecule has 8 heteroatoms. The van der Waals surface area contributed by atoms with Gasteiger partial charge in [-0.1, -0.05) is 11.6 Å². The lowest BCUT2D eigenvalue weighted by Gasteiger charge is -2.14. The Morgan fingerprint density at radius 2 is 2.33 bits per heavy atom. The predicted octanol–water partition coefficient (Wildman–Crippen LogP) is 2.26. The number of hydrogen-bond donors (Lipinski definition) is 1. The van der Waals surface area contributed by atoms with Crippen LogP contribution >= 0.6 is 11.6 Å². The molecule has 0 spiro atoms. The van der Waals surface area contributed by atoms with E-state index in [4.69, 9.17) is 11.6 Å². The van der Waals surface area contributed by atoms with Gasteiger partial charge < -0.3 is 5.32 Å². The molecule has 0 saturated carbocycles. The maximum atomic E-state index is 12.1. The standard InChI is InChI=1S/C13H13ClN4O3/c1-9(8-17-6-2-5-15-17)16-13(19)10-3-4-11(14)12(7-10)18(20)21/h2-7,9H,8H2,1H3,(H,16,19). The maximum Gasteiger partial charge on any atom is 0.288 e. The van der Waals surface area contributed by atoms with Gasteiger partial charge in [-0.05, 0) is 25.1 Å². The second-order valence-corrected chi connectivity index (χ2v) is 4.93. The van der Waals surface area contributed by atoms with Gasteiger partial charge in [0.25, 0.3) is 11.6 Å². The Labute approximate surface area is 125 Å². The Morgan fingerprint density at radius 3 is 2.95 bits per heavy atom. The van der Waals surface area contributed by atoms with E-state index in [1.165, 1.54) is 12.1 Å². The molecule has 110 valence electrons. The van der Waals surface area contributed by atoms with Gasteiger partial charge in [0, 0.05) is 30.1 Å². The molecule has 2 rings (SSSR count). The van der Waals surface area contributed by atoms with Crippen LogP contribution in [0.2, 0.25) is 5.02 Å². The highest BCUT2D eigenvalue weighted by Gasteiger charge is 2.17. The van der Waals surface area contributed by atoms with E-state index in [0.29, 0.717) is 6.54 Å². The lowest BCUT2D eigenvalue weighted by molar-refractivity contribution is -0.384. The van der Waals surface area contributed by atoms with Gasteiger partial charge >= 0.3 is 0 Å². The fraction of sp³-hybridized carbons (Fsp3) is 0.231. The number of hydrogen-bond acceptors (Lipinski definition) is 4. The highest BCUT2D eigenvalue weighted by atomic mass is 35.5. The average molecular weight is 309 g/mol. The van der Waals surface area contributed by atoms with Crippen LogP contribution in [0.1, 0.15) is 17.3 Å². The monoisotopic (exact) mass is 308 g/mol. The number of halogens is 1. The lowest BCUT2D eigenvalue weighted by Crippen LogP contribution is -2.35. The number of nitrogens with one attached hydrogen (secondary N) is 1. The van der Waals surface area contributed by atoms with Gasteiger partial charge in [-0.25, -0.2) is 0 Å². The number of carbonyl (C=O) groups is 1. The van der Waals surface area contributed by atoms with E-state index in [0.717, 1.165) is 6.07 Å². The van der Waals surface area contributed by atoms with Crippen LogP contribution in [-0.2, 0) is 6.54 Å². The second-order valence-electron chi connectivity index (χ2n) is 4.53. The van der Waals surface area contributed by atoms with E-state index in [9.17, 15) is 14.9 Å². The summed E-state index contributed by atoms with van der Waals surface area (Å²) < 4.78 is 1.69. The van der Waals surface area contributed by atoms with E-state index in [1.807, 2.05) is 6.92 Å². The zero-order valence-electron chi connectivity index (χ0n) is 11.2. The molecule has 0 aliphatic heterocycles. The number of nitro benzene ring substituents is 1. The van der Waals surface area contributed by atoms with Crippen LogP contribution in [-0.4, -0.2) is 26.7 Å². The van der Waals surface area contributed by atoms with Crippen molar-refractivity contribution in [1.29, 1.82) is 0 Å². The molecule has 0 fully saturated rings. The van der Waals surface area contributed by atoms with Crippen molar-refractivity contribution in [3.63, 3.8) is 0 Å². The predicted molar refractivity (Wildman–Crippen MR) is 77.3 cm³/mol. The largest absolute Gasteiger partial charge is 0.348 e. The Bertz CT molecular complexity index is 657. The summed E-state index contributed by atoms with van der Waals surface area (Å²) in [4.78, 5) is 22.3. The number of aromatic nitrogens is 2. The number of amides is 1. The third kappa shape index (κ3) is 3.79. The van der Waals surface area contributed by atoms with Crippen LogP contribution in [0.15, 0.2) is 36.7 Å². The summed E-state index contributed by atoms with van der Waals surface area (Å²) in [5.74, 6) is -0.394. The molecule has 0 saturated heterocycles. The minimum atomic E-state index is -0.619. The fourth-order valence-corrected chi connectivity index (χ4v) is 2.02. The molecule has 1 N–H and O–H groups in total. The number of nitrogens with zero attached hydrogens (tertiary/aromatic N) is 3. The van der Waals surface area contributed by atoms with Crippen molar-refractivity contribution < 1.29 is 9.72 Å². The van der Waals surface area contributed by atoms with Crippen molar-refractivity contribution in [2.24, 2.45) is 0 Å². The normalized spacial score (nSPS) is 11.9. The maximum absolute atomic E-state index is 12.1. The number of nitro groups is 1. The molecule has 7 nitrogen and oxygen atoms in total. The molecule has 1 unspecified atom stereocenters. The highest BCUT2D eigenvalue weighted by molar-refractivity contribution is 6.32. The van der Waals surface area contributed by atoms with Crippen molar-refractivity contribution in [3.05, 3.63) is 57.4 Å². The molecule has 1 aromatic carbocycles. The first kappa shape index (κ1) is 15.0. The van der Waals surface area contributed by atoms with Crippen molar-refractivity contribution in [3.8, 4) is 0 Å². The summed E-state index contributed by atoms with van der Waals surface area (Å²) in [7, 11) is 0. The van der Waals surface area contributed by atoms with Gasteiger partial charge in [-0.3, -0.25) is 19.6 Å². The second kappa shape index (κ2) is 6.36. The van der Waals surface area contributed by atoms with Gasteiger partial charge in [0.15, 0.2) is 0 Å². The minimum Gasteiger partial charge on any atom is -0.348 e. The third-order valence-electron chi connectivity index (χ3n) is 2.80. The van der Waals surface area contributed by atoms with Crippen molar-refractivity contribution in [2.45, 2.75) is 19.5 Å². The summed E-state index contributed by atoms with van der Waals surface area (Å²) in [6.07, 6.45) is 3.44. The van der Waals surface area contributed by atoms with E-state index < -0.39 is 10.8 Å². The van der Waals surface area contributed by atoms with Gasteiger partial charge in [0.2, 0.25) is 0 Å². The quantitative estimate of drug-likeness (QED) is 0.677. The Morgan fingerprint density at radius 1 is 1.57 bits per heavy atom. The molecule has 1 amide bonds. The van der Waals surface area contributed by atoms with Crippen LogP contribution in [0.25, 0.3) is 0 Å². The number of benzene rings is 1. The summed E-state index contributed by atoms with van der Waals surface area (Å²) in [6.45, 7) is 2.33. The van der Waals surface area contributed by atoms with Gasteiger partial charge in [0.05, 0.1) is 11.5 Å². The molecular formula is C13H13ClN4O3. The summed E-state index contributed by atoms with van der Waals surface area (Å²) in [5, 5.41) is 17.6. The van der Waals surface area contributed by atoms with Crippen molar-refractivity contribution >= 4 is 23.2 Å². The van der Waals surface area contributed by atoms with Crippen LogP contribution in [0, 0.1) is 10.1 Å². The zero-order valence-corrected chi connectivity index (χ0v) is 11.9. The molecule has 2 aromatic rings. The van der Waals surface area contributed by atoms with E-state index >= 15 is 0 Å². The highest BCUT2D eigenvalue weighted by Crippen LogP contribution is 2.25. The SMILES string of the molecule is CC(Cn1cccn1)NC(=O)c1ccc(Cl)c([N+](=O)[O-])c1. The average Bonchev–Trinajstić information content (AvgIpc) is 2.91. The van der Waals surface area contributed by atoms with Gasteiger partial charge in [0.1, 0.15) is 5.02 Å². The molecule has 0 aliphatic carbocycles. The van der Waals surface area contributed by atoms with Crippen LogP contribution in [0.4, 0.5) is 5.69 Å². The number of carbonyl (C=O) groups excluding carboxylic acids is 1. The van der Waals surface area contributed by atoms with Crippen molar-refractivity contribution in [1.82, 2.24) is 15.1 Å². The van der Waals surface area contributed by atoms with Gasteiger partial charge in [-0.15, -0.1) is 0 Å². The molecule has 1 atom stereocenters. The minimum absolute atomic E-state index is 0.00106. The van der Waals surface area contributed by atoms with E-state index in [1.54, 1.807) is 23.1 Å². The molecule has 0 bridgehead atoms. The van der Waals surface area contributed by atoms with Crippen LogP contribution < -0.4 is 5.32 Å². The first-order valence-corrected chi connectivity index (χ1v) is 6.57. The van der Waals surface area contributed by atoms with Crippen LogP contribution in [0.3, 0.4) is 0 Å². The summed E-state index contributed by atoms with van der Waals surface area (Å²) >= 11 is 5.71.